The number of Topliss-reactive ketones (excluding diaryl/α,β-unsaturated/α-hetero) is 1. The molecule has 0 amide bonds. The Balaban J connectivity index is 1.49. The topological polar surface area (TPSA) is 61.7 Å². The lowest BCUT2D eigenvalue weighted by molar-refractivity contribution is -0.113. The van der Waals surface area contributed by atoms with Gasteiger partial charge in [-0.05, 0) is 35.4 Å². The predicted octanol–water partition coefficient (Wildman–Crippen LogP) is 5.66. The number of rotatable bonds is 2. The Bertz CT molecular complexity index is 1240. The Kier molecular flexibility index (Phi) is 3.75. The Morgan fingerprint density at radius 3 is 2.23 bits per heavy atom. The smallest absolute Gasteiger partial charge is 0.200 e. The minimum atomic E-state index is -0.311. The van der Waals surface area contributed by atoms with Crippen molar-refractivity contribution < 1.29 is 9.90 Å². The van der Waals surface area contributed by atoms with Gasteiger partial charge in [0.25, 0.3) is 0 Å². The highest BCUT2D eigenvalue weighted by Gasteiger charge is 2.40. The molecule has 2 N–H and O–H groups in total. The largest absolute Gasteiger partial charge is 0.506 e. The van der Waals surface area contributed by atoms with Crippen LogP contribution in [0.25, 0.3) is 0 Å². The molecule has 2 heterocycles. The van der Waals surface area contributed by atoms with Gasteiger partial charge in [-0.2, -0.15) is 0 Å². The van der Waals surface area contributed by atoms with Gasteiger partial charge in [0.15, 0.2) is 0 Å². The average Bonchev–Trinajstić information content (AvgIpc) is 3.14. The summed E-state index contributed by atoms with van der Waals surface area (Å²) < 4.78 is 0. The number of carbonyl (C=O) groups is 1. The van der Waals surface area contributed by atoms with Crippen LogP contribution >= 0.6 is 0 Å². The number of hydrogen-bond donors (Lipinski definition) is 2. The fraction of sp³-hybridized carbons (Fsp3) is 0.231. The molecule has 3 aliphatic rings. The lowest BCUT2D eigenvalue weighted by Crippen LogP contribution is -2.28. The van der Waals surface area contributed by atoms with Crippen LogP contribution in [0.1, 0.15) is 38.8 Å². The highest BCUT2D eigenvalue weighted by molar-refractivity contribution is 6.25. The van der Waals surface area contributed by atoms with Gasteiger partial charge >= 0.3 is 0 Å². The Hall–Kier alpha value is -3.40. The van der Waals surface area contributed by atoms with Crippen molar-refractivity contribution in [2.24, 2.45) is 4.99 Å². The van der Waals surface area contributed by atoms with Crippen molar-refractivity contribution in [3.63, 3.8) is 0 Å². The summed E-state index contributed by atoms with van der Waals surface area (Å²) in [5.74, 6) is -0.112. The number of carbonyl (C=O) groups excluding carboxylic acids is 1. The maximum absolute atomic E-state index is 12.9. The molecule has 150 valence electrons. The zero-order chi connectivity index (χ0) is 21.3. The van der Waals surface area contributed by atoms with E-state index in [4.69, 9.17) is 4.99 Å². The van der Waals surface area contributed by atoms with Gasteiger partial charge in [-0.1, -0.05) is 64.1 Å². The SMILES string of the molecule is CC1(C)C(C=C2C(=O)C(C=C3Nc4ccccc4C3(C)C)=C2O)=Nc2ccccc21. The molecule has 0 radical (unpaired) electrons. The second kappa shape index (κ2) is 6.05. The van der Waals surface area contributed by atoms with E-state index in [1.807, 2.05) is 36.4 Å². The molecule has 0 aromatic heterocycles. The van der Waals surface area contributed by atoms with Gasteiger partial charge in [-0.3, -0.25) is 9.79 Å². The fourth-order valence-corrected chi connectivity index (χ4v) is 4.51. The number of hydrogen-bond acceptors (Lipinski definition) is 4. The molecule has 0 unspecified atom stereocenters. The molecule has 2 aromatic rings. The van der Waals surface area contributed by atoms with Crippen LogP contribution in [0.15, 0.2) is 88.3 Å². The van der Waals surface area contributed by atoms with Crippen LogP contribution in [0, 0.1) is 0 Å². The monoisotopic (exact) mass is 396 g/mol. The summed E-state index contributed by atoms with van der Waals surface area (Å²) in [7, 11) is 0. The van der Waals surface area contributed by atoms with E-state index in [9.17, 15) is 9.90 Å². The normalized spacial score (nSPS) is 23.2. The van der Waals surface area contributed by atoms with E-state index in [1.165, 1.54) is 5.56 Å². The quantitative estimate of drug-likeness (QED) is 0.644. The van der Waals surface area contributed by atoms with Crippen molar-refractivity contribution in [3.8, 4) is 0 Å². The number of aliphatic hydroxyl groups is 1. The molecule has 2 aliphatic heterocycles. The first-order chi connectivity index (χ1) is 14.2. The number of fused-ring (bicyclic) bond motifs is 2. The van der Waals surface area contributed by atoms with Gasteiger partial charge in [0, 0.05) is 22.2 Å². The van der Waals surface area contributed by atoms with Crippen molar-refractivity contribution in [3.05, 3.63) is 94.4 Å². The van der Waals surface area contributed by atoms with E-state index < -0.39 is 0 Å². The molecule has 4 nitrogen and oxygen atoms in total. The second-order valence-corrected chi connectivity index (χ2v) is 9.14. The van der Waals surface area contributed by atoms with E-state index in [0.29, 0.717) is 11.1 Å². The number of nitrogens with one attached hydrogen (secondary N) is 1. The van der Waals surface area contributed by atoms with Crippen molar-refractivity contribution in [1.82, 2.24) is 0 Å². The molecule has 0 atom stereocenters. The number of aliphatic hydroxyl groups excluding tert-OH is 1. The van der Waals surface area contributed by atoms with Crippen molar-refractivity contribution in [2.75, 3.05) is 5.32 Å². The zero-order valence-corrected chi connectivity index (χ0v) is 17.6. The molecule has 0 bridgehead atoms. The Morgan fingerprint density at radius 1 is 0.900 bits per heavy atom. The van der Waals surface area contributed by atoms with Gasteiger partial charge in [0.1, 0.15) is 5.76 Å². The molecule has 5 rings (SSSR count). The molecule has 1 aliphatic carbocycles. The summed E-state index contributed by atoms with van der Waals surface area (Å²) in [4.78, 5) is 17.6. The predicted molar refractivity (Wildman–Crippen MR) is 120 cm³/mol. The second-order valence-electron chi connectivity index (χ2n) is 9.14. The van der Waals surface area contributed by atoms with Crippen LogP contribution in [-0.2, 0) is 15.6 Å². The summed E-state index contributed by atoms with van der Waals surface area (Å²) in [6, 6.07) is 16.1. The maximum atomic E-state index is 12.9. The maximum Gasteiger partial charge on any atom is 0.200 e. The van der Waals surface area contributed by atoms with Crippen LogP contribution in [0.3, 0.4) is 0 Å². The molecule has 0 saturated carbocycles. The summed E-state index contributed by atoms with van der Waals surface area (Å²) >= 11 is 0. The molecule has 0 spiro atoms. The molecular weight excluding hydrogens is 372 g/mol. The average molecular weight is 396 g/mol. The van der Waals surface area contributed by atoms with Gasteiger partial charge in [-0.15, -0.1) is 0 Å². The summed E-state index contributed by atoms with van der Waals surface area (Å²) in [6.45, 7) is 8.40. The summed E-state index contributed by atoms with van der Waals surface area (Å²) in [6.07, 6.45) is 3.52. The number of anilines is 1. The first kappa shape index (κ1) is 18.6. The van der Waals surface area contributed by atoms with Crippen LogP contribution < -0.4 is 5.32 Å². The Morgan fingerprint density at radius 2 is 1.57 bits per heavy atom. The highest BCUT2D eigenvalue weighted by Crippen LogP contribution is 2.45. The zero-order valence-electron chi connectivity index (χ0n) is 17.6. The van der Waals surface area contributed by atoms with Crippen molar-refractivity contribution in [1.29, 1.82) is 0 Å². The molecular formula is C26H24N2O2. The third-order valence-corrected chi connectivity index (χ3v) is 6.57. The van der Waals surface area contributed by atoms with E-state index in [2.05, 4.69) is 45.1 Å². The van der Waals surface area contributed by atoms with E-state index in [0.717, 1.165) is 28.3 Å². The highest BCUT2D eigenvalue weighted by atomic mass is 16.3. The first-order valence-corrected chi connectivity index (χ1v) is 10.2. The van der Waals surface area contributed by atoms with Gasteiger partial charge < -0.3 is 10.4 Å². The number of nitrogens with zero attached hydrogens (tertiary/aromatic N) is 1. The third-order valence-electron chi connectivity index (χ3n) is 6.57. The minimum absolute atomic E-state index is 0.0375. The summed E-state index contributed by atoms with van der Waals surface area (Å²) in [5, 5.41) is 14.1. The number of ketones is 1. The lowest BCUT2D eigenvalue weighted by Gasteiger charge is -2.25. The number of aliphatic imine (C=N–C) groups is 1. The van der Waals surface area contributed by atoms with Gasteiger partial charge in [0.05, 0.1) is 22.5 Å². The van der Waals surface area contributed by atoms with Gasteiger partial charge in [0.2, 0.25) is 5.78 Å². The molecule has 4 heteroatoms. The number of benzene rings is 2. The van der Waals surface area contributed by atoms with Crippen LogP contribution in [0.4, 0.5) is 11.4 Å². The minimum Gasteiger partial charge on any atom is -0.506 e. The summed E-state index contributed by atoms with van der Waals surface area (Å²) in [5.41, 5.74) is 6.06. The van der Waals surface area contributed by atoms with Crippen molar-refractivity contribution in [2.45, 2.75) is 38.5 Å². The van der Waals surface area contributed by atoms with Crippen LogP contribution in [-0.4, -0.2) is 16.6 Å². The van der Waals surface area contributed by atoms with Crippen LogP contribution in [0.5, 0.6) is 0 Å². The van der Waals surface area contributed by atoms with E-state index in [1.54, 1.807) is 12.2 Å². The van der Waals surface area contributed by atoms with Gasteiger partial charge in [-0.25, -0.2) is 0 Å². The molecule has 2 aromatic carbocycles. The molecule has 0 saturated heterocycles. The lowest BCUT2D eigenvalue weighted by atomic mass is 9.77. The number of allylic oxidation sites excluding steroid dienone is 5. The van der Waals surface area contributed by atoms with E-state index >= 15 is 0 Å². The van der Waals surface area contributed by atoms with Crippen molar-refractivity contribution >= 4 is 22.9 Å². The van der Waals surface area contributed by atoms with Crippen LogP contribution in [0.2, 0.25) is 0 Å². The standard InChI is InChI=1S/C26H24N2O2/c1-25(2)17-9-5-7-11-19(17)27-21(25)13-15-23(29)16(24(15)30)14-22-26(3,4)18-10-6-8-12-20(18)28-22/h5-14,27,29H,1-4H3. The molecule has 0 fully saturated rings. The van der Waals surface area contributed by atoms with E-state index in [-0.39, 0.29) is 22.4 Å². The Labute approximate surface area is 176 Å². The first-order valence-electron chi connectivity index (χ1n) is 10.2. The number of para-hydroxylation sites is 2. The molecule has 30 heavy (non-hydrogen) atoms. The fourth-order valence-electron chi connectivity index (χ4n) is 4.51. The third kappa shape index (κ3) is 2.46.